The number of rotatable bonds is 8. The Balaban J connectivity index is 2.70. The Bertz CT molecular complexity index is 370. The van der Waals surface area contributed by atoms with Gasteiger partial charge in [0, 0.05) is 20.1 Å². The summed E-state index contributed by atoms with van der Waals surface area (Å²) in [5, 5.41) is 16.8. The van der Waals surface area contributed by atoms with Crippen LogP contribution >= 0.6 is 0 Å². The lowest BCUT2D eigenvalue weighted by atomic mass is 10.2. The van der Waals surface area contributed by atoms with Crippen molar-refractivity contribution in [2.24, 2.45) is 0 Å². The van der Waals surface area contributed by atoms with E-state index in [2.05, 4.69) is 16.4 Å². The maximum Gasteiger partial charge on any atom is 0.100 e. The van der Waals surface area contributed by atoms with E-state index in [1.807, 2.05) is 6.92 Å². The molecular formula is C11H18N4O2. The molecule has 0 bridgehead atoms. The minimum atomic E-state index is 0.285. The smallest absolute Gasteiger partial charge is 0.100 e. The molecule has 1 heterocycles. The Morgan fingerprint density at radius 3 is 2.88 bits per heavy atom. The second-order valence-corrected chi connectivity index (χ2v) is 3.48. The van der Waals surface area contributed by atoms with Crippen molar-refractivity contribution in [1.29, 1.82) is 5.26 Å². The zero-order chi connectivity index (χ0) is 12.5. The van der Waals surface area contributed by atoms with E-state index in [0.717, 1.165) is 11.4 Å². The summed E-state index contributed by atoms with van der Waals surface area (Å²) in [6, 6.07) is 2.09. The molecule has 6 heteroatoms. The Labute approximate surface area is 101 Å². The first-order chi connectivity index (χ1) is 8.33. The van der Waals surface area contributed by atoms with Gasteiger partial charge in [0.2, 0.25) is 0 Å². The summed E-state index contributed by atoms with van der Waals surface area (Å²) in [6.45, 7) is 4.50. The number of aromatic nitrogens is 3. The van der Waals surface area contributed by atoms with Crippen LogP contribution in [-0.4, -0.2) is 41.9 Å². The highest BCUT2D eigenvalue weighted by Gasteiger charge is 2.12. The quantitative estimate of drug-likeness (QED) is 0.619. The molecule has 0 radical (unpaired) electrons. The van der Waals surface area contributed by atoms with Gasteiger partial charge in [-0.3, -0.25) is 0 Å². The molecule has 0 aromatic carbocycles. The second-order valence-electron chi connectivity index (χ2n) is 3.48. The van der Waals surface area contributed by atoms with Crippen LogP contribution in [0.25, 0.3) is 0 Å². The van der Waals surface area contributed by atoms with E-state index in [1.54, 1.807) is 11.8 Å². The van der Waals surface area contributed by atoms with Crippen LogP contribution in [-0.2, 0) is 28.9 Å². The standard InChI is InChI=1S/C11H18N4O2/c1-3-17-9-7-15-11(5-8-16-2)10(4-6-12)13-14-15/h3-5,7-9H2,1-2H3. The molecule has 0 saturated carbocycles. The van der Waals surface area contributed by atoms with Gasteiger partial charge in [0.15, 0.2) is 0 Å². The molecule has 6 nitrogen and oxygen atoms in total. The Morgan fingerprint density at radius 2 is 2.24 bits per heavy atom. The van der Waals surface area contributed by atoms with Gasteiger partial charge in [-0.2, -0.15) is 5.26 Å². The first-order valence-corrected chi connectivity index (χ1v) is 5.68. The Kier molecular flexibility index (Phi) is 6.22. The van der Waals surface area contributed by atoms with Gasteiger partial charge in [-0.15, -0.1) is 5.10 Å². The van der Waals surface area contributed by atoms with Crippen molar-refractivity contribution in [3.05, 3.63) is 11.4 Å². The fourth-order valence-corrected chi connectivity index (χ4v) is 1.53. The monoisotopic (exact) mass is 238 g/mol. The molecule has 94 valence electrons. The molecule has 0 amide bonds. The fraction of sp³-hybridized carbons (Fsp3) is 0.727. The van der Waals surface area contributed by atoms with Gasteiger partial charge in [0.25, 0.3) is 0 Å². The van der Waals surface area contributed by atoms with E-state index in [0.29, 0.717) is 32.8 Å². The highest BCUT2D eigenvalue weighted by atomic mass is 16.5. The van der Waals surface area contributed by atoms with Crippen LogP contribution in [0.15, 0.2) is 0 Å². The topological polar surface area (TPSA) is 73.0 Å². The number of ether oxygens (including phenoxy) is 2. The highest BCUT2D eigenvalue weighted by molar-refractivity contribution is 5.14. The number of nitriles is 1. The molecule has 0 fully saturated rings. The fourth-order valence-electron chi connectivity index (χ4n) is 1.53. The lowest BCUT2D eigenvalue weighted by molar-refractivity contribution is 0.134. The lowest BCUT2D eigenvalue weighted by Crippen LogP contribution is -2.12. The van der Waals surface area contributed by atoms with Gasteiger partial charge in [-0.1, -0.05) is 5.21 Å². The van der Waals surface area contributed by atoms with Gasteiger partial charge in [0.05, 0.1) is 37.9 Å². The number of methoxy groups -OCH3 is 1. The van der Waals surface area contributed by atoms with E-state index in [-0.39, 0.29) is 6.42 Å². The molecule has 17 heavy (non-hydrogen) atoms. The van der Waals surface area contributed by atoms with E-state index in [1.165, 1.54) is 0 Å². The molecule has 0 saturated heterocycles. The number of nitrogens with zero attached hydrogens (tertiary/aromatic N) is 4. The summed E-state index contributed by atoms with van der Waals surface area (Å²) >= 11 is 0. The minimum Gasteiger partial charge on any atom is -0.384 e. The van der Waals surface area contributed by atoms with Crippen molar-refractivity contribution in [3.8, 4) is 6.07 Å². The third kappa shape index (κ3) is 4.13. The average molecular weight is 238 g/mol. The van der Waals surface area contributed by atoms with Crippen molar-refractivity contribution >= 4 is 0 Å². The summed E-state index contributed by atoms with van der Waals surface area (Å²) in [5.74, 6) is 0. The Hall–Kier alpha value is -1.45. The molecule has 1 aromatic heterocycles. The van der Waals surface area contributed by atoms with Gasteiger partial charge < -0.3 is 9.47 Å². The summed E-state index contributed by atoms with van der Waals surface area (Å²) < 4.78 is 12.1. The predicted molar refractivity (Wildman–Crippen MR) is 61.4 cm³/mol. The molecule has 0 spiro atoms. The van der Waals surface area contributed by atoms with E-state index < -0.39 is 0 Å². The summed E-state index contributed by atoms with van der Waals surface area (Å²) in [7, 11) is 1.65. The summed E-state index contributed by atoms with van der Waals surface area (Å²) in [4.78, 5) is 0. The molecule has 1 aromatic rings. The predicted octanol–water partition coefficient (Wildman–Crippen LogP) is 0.570. The van der Waals surface area contributed by atoms with Crippen LogP contribution in [0, 0.1) is 11.3 Å². The van der Waals surface area contributed by atoms with Gasteiger partial charge in [-0.05, 0) is 6.92 Å². The maximum atomic E-state index is 8.71. The summed E-state index contributed by atoms with van der Waals surface area (Å²) in [6.07, 6.45) is 1.00. The van der Waals surface area contributed by atoms with Crippen molar-refractivity contribution in [1.82, 2.24) is 15.0 Å². The summed E-state index contributed by atoms with van der Waals surface area (Å²) in [5.41, 5.74) is 1.70. The van der Waals surface area contributed by atoms with E-state index in [9.17, 15) is 0 Å². The first-order valence-electron chi connectivity index (χ1n) is 5.68. The van der Waals surface area contributed by atoms with Gasteiger partial charge in [0.1, 0.15) is 5.69 Å². The molecule has 0 aliphatic rings. The molecule has 0 atom stereocenters. The molecule has 0 N–H and O–H groups in total. The molecule has 1 rings (SSSR count). The van der Waals surface area contributed by atoms with Crippen molar-refractivity contribution in [2.45, 2.75) is 26.3 Å². The van der Waals surface area contributed by atoms with Crippen molar-refractivity contribution in [2.75, 3.05) is 26.9 Å². The normalized spacial score (nSPS) is 10.4. The second kappa shape index (κ2) is 7.76. The Morgan fingerprint density at radius 1 is 1.41 bits per heavy atom. The van der Waals surface area contributed by atoms with Crippen LogP contribution in [0.2, 0.25) is 0 Å². The first kappa shape index (κ1) is 13.6. The van der Waals surface area contributed by atoms with E-state index >= 15 is 0 Å². The lowest BCUT2D eigenvalue weighted by Gasteiger charge is -2.06. The largest absolute Gasteiger partial charge is 0.384 e. The van der Waals surface area contributed by atoms with Gasteiger partial charge >= 0.3 is 0 Å². The van der Waals surface area contributed by atoms with Crippen molar-refractivity contribution < 1.29 is 9.47 Å². The highest BCUT2D eigenvalue weighted by Crippen LogP contribution is 2.07. The van der Waals surface area contributed by atoms with Crippen molar-refractivity contribution in [3.63, 3.8) is 0 Å². The average Bonchev–Trinajstić information content (AvgIpc) is 2.70. The zero-order valence-electron chi connectivity index (χ0n) is 10.3. The van der Waals surface area contributed by atoms with Crippen LogP contribution in [0.1, 0.15) is 18.3 Å². The van der Waals surface area contributed by atoms with Crippen LogP contribution in [0.3, 0.4) is 0 Å². The van der Waals surface area contributed by atoms with E-state index in [4.69, 9.17) is 14.7 Å². The SMILES string of the molecule is CCOCCn1nnc(CC#N)c1CCOC. The van der Waals surface area contributed by atoms with Crippen LogP contribution in [0.4, 0.5) is 0 Å². The maximum absolute atomic E-state index is 8.71. The molecule has 0 aliphatic heterocycles. The molecular weight excluding hydrogens is 220 g/mol. The zero-order valence-corrected chi connectivity index (χ0v) is 10.3. The van der Waals surface area contributed by atoms with Crippen LogP contribution < -0.4 is 0 Å². The third-order valence-corrected chi connectivity index (χ3v) is 2.36. The number of hydrogen-bond donors (Lipinski definition) is 0. The minimum absolute atomic E-state index is 0.285. The van der Waals surface area contributed by atoms with Crippen LogP contribution in [0.5, 0.6) is 0 Å². The van der Waals surface area contributed by atoms with Gasteiger partial charge in [-0.25, -0.2) is 4.68 Å². The molecule has 0 unspecified atom stereocenters. The third-order valence-electron chi connectivity index (χ3n) is 2.36. The molecule has 0 aliphatic carbocycles. The number of hydrogen-bond acceptors (Lipinski definition) is 5.